The van der Waals surface area contributed by atoms with Gasteiger partial charge >= 0.3 is 0 Å². The van der Waals surface area contributed by atoms with Gasteiger partial charge in [0.15, 0.2) is 0 Å². The van der Waals surface area contributed by atoms with Crippen LogP contribution < -0.4 is 5.32 Å². The predicted molar refractivity (Wildman–Crippen MR) is 99.0 cm³/mol. The number of piperazine rings is 1. The van der Waals surface area contributed by atoms with Gasteiger partial charge in [0.1, 0.15) is 0 Å². The molecule has 3 heteroatoms. The van der Waals surface area contributed by atoms with Crippen LogP contribution in [0.4, 0.5) is 0 Å². The maximum atomic E-state index is 3.70. The minimum Gasteiger partial charge on any atom is -0.311 e. The fraction of sp³-hybridized carbons (Fsp3) is 0.300. The third kappa shape index (κ3) is 3.47. The Morgan fingerprint density at radius 3 is 2.78 bits per heavy atom. The zero-order valence-corrected chi connectivity index (χ0v) is 14.1. The second kappa shape index (κ2) is 6.83. The molecule has 2 heterocycles. The van der Waals surface area contributed by atoms with Crippen molar-refractivity contribution in [2.45, 2.75) is 19.0 Å². The highest BCUT2D eigenvalue weighted by Gasteiger charge is 2.20. The second-order valence-electron chi connectivity index (χ2n) is 6.33. The average Bonchev–Trinajstić information content (AvgIpc) is 2.99. The first kappa shape index (κ1) is 14.9. The van der Waals surface area contributed by atoms with Crippen LogP contribution in [0.2, 0.25) is 0 Å². The zero-order chi connectivity index (χ0) is 15.5. The summed E-state index contributed by atoms with van der Waals surface area (Å²) in [5.74, 6) is 0. The normalized spacial score (nSPS) is 19.2. The van der Waals surface area contributed by atoms with Gasteiger partial charge in [-0.2, -0.15) is 0 Å². The number of hydrogen-bond donors (Lipinski definition) is 1. The summed E-state index contributed by atoms with van der Waals surface area (Å²) < 4.78 is 1.40. The molecule has 118 valence electrons. The zero-order valence-electron chi connectivity index (χ0n) is 13.2. The molecule has 2 aromatic carbocycles. The fourth-order valence-electron chi connectivity index (χ4n) is 3.47. The summed E-state index contributed by atoms with van der Waals surface area (Å²) in [4.78, 5) is 2.57. The van der Waals surface area contributed by atoms with Crippen molar-refractivity contribution in [3.05, 3.63) is 71.1 Å². The molecule has 1 atom stereocenters. The van der Waals surface area contributed by atoms with Crippen LogP contribution >= 0.6 is 11.3 Å². The maximum Gasteiger partial charge on any atom is 0.0345 e. The minimum atomic E-state index is 0.547. The van der Waals surface area contributed by atoms with Gasteiger partial charge in [-0.3, -0.25) is 4.90 Å². The molecule has 3 aromatic rings. The molecule has 1 N–H and O–H groups in total. The lowest BCUT2D eigenvalue weighted by Crippen LogP contribution is -2.51. The minimum absolute atomic E-state index is 0.547. The molecule has 0 saturated carbocycles. The SMILES string of the molecule is c1ccc(CN2CCNC(Cc3csc4ccccc34)C2)cc1. The van der Waals surface area contributed by atoms with Crippen molar-refractivity contribution in [2.75, 3.05) is 19.6 Å². The Hall–Kier alpha value is -1.68. The number of nitrogens with zero attached hydrogens (tertiary/aromatic N) is 1. The van der Waals surface area contributed by atoms with E-state index in [2.05, 4.69) is 70.2 Å². The highest BCUT2D eigenvalue weighted by Crippen LogP contribution is 2.27. The number of benzene rings is 2. The van der Waals surface area contributed by atoms with E-state index in [1.54, 1.807) is 0 Å². The van der Waals surface area contributed by atoms with Crippen molar-refractivity contribution in [1.29, 1.82) is 0 Å². The molecule has 1 aliphatic heterocycles. The molecule has 1 unspecified atom stereocenters. The van der Waals surface area contributed by atoms with Crippen LogP contribution in [-0.4, -0.2) is 30.6 Å². The Balaban J connectivity index is 1.43. The monoisotopic (exact) mass is 322 g/mol. The van der Waals surface area contributed by atoms with E-state index in [0.29, 0.717) is 6.04 Å². The highest BCUT2D eigenvalue weighted by molar-refractivity contribution is 7.17. The first-order chi connectivity index (χ1) is 11.4. The Bertz CT molecular complexity index is 765. The molecule has 0 spiro atoms. The fourth-order valence-corrected chi connectivity index (χ4v) is 4.45. The van der Waals surface area contributed by atoms with Crippen LogP contribution in [0.15, 0.2) is 60.0 Å². The van der Waals surface area contributed by atoms with E-state index >= 15 is 0 Å². The largest absolute Gasteiger partial charge is 0.311 e. The second-order valence-corrected chi connectivity index (χ2v) is 7.24. The molecule has 1 fully saturated rings. The molecule has 2 nitrogen and oxygen atoms in total. The molecular weight excluding hydrogens is 300 g/mol. The quantitative estimate of drug-likeness (QED) is 0.783. The first-order valence-electron chi connectivity index (χ1n) is 8.33. The standard InChI is InChI=1S/C20H22N2S/c1-2-6-16(7-3-1)13-22-11-10-21-18(14-22)12-17-15-23-20-9-5-4-8-19(17)20/h1-9,15,18,21H,10-14H2. The van der Waals surface area contributed by atoms with E-state index in [9.17, 15) is 0 Å². The third-order valence-electron chi connectivity index (χ3n) is 4.62. The smallest absolute Gasteiger partial charge is 0.0345 e. The van der Waals surface area contributed by atoms with Crippen LogP contribution in [0.1, 0.15) is 11.1 Å². The molecule has 23 heavy (non-hydrogen) atoms. The highest BCUT2D eigenvalue weighted by atomic mass is 32.1. The van der Waals surface area contributed by atoms with Crippen LogP contribution in [0.3, 0.4) is 0 Å². The molecule has 1 aromatic heterocycles. The summed E-state index contributed by atoms with van der Waals surface area (Å²) >= 11 is 1.86. The Labute approximate surface area is 141 Å². The topological polar surface area (TPSA) is 15.3 Å². The van der Waals surface area contributed by atoms with Crippen LogP contribution in [0.5, 0.6) is 0 Å². The number of nitrogens with one attached hydrogen (secondary N) is 1. The Morgan fingerprint density at radius 1 is 1.04 bits per heavy atom. The van der Waals surface area contributed by atoms with E-state index in [0.717, 1.165) is 32.6 Å². The molecule has 0 amide bonds. The van der Waals surface area contributed by atoms with Crippen LogP contribution in [-0.2, 0) is 13.0 Å². The van der Waals surface area contributed by atoms with E-state index in [4.69, 9.17) is 0 Å². The summed E-state index contributed by atoms with van der Waals surface area (Å²) in [6, 6.07) is 20.1. The summed E-state index contributed by atoms with van der Waals surface area (Å²) in [7, 11) is 0. The van der Waals surface area contributed by atoms with Crippen molar-refractivity contribution in [3.63, 3.8) is 0 Å². The van der Waals surface area contributed by atoms with Gasteiger partial charge in [0.2, 0.25) is 0 Å². The third-order valence-corrected chi connectivity index (χ3v) is 5.63. The van der Waals surface area contributed by atoms with E-state index in [1.807, 2.05) is 11.3 Å². The van der Waals surface area contributed by atoms with Gasteiger partial charge in [-0.05, 0) is 34.4 Å². The number of hydrogen-bond acceptors (Lipinski definition) is 3. The summed E-state index contributed by atoms with van der Waals surface area (Å²) in [6.07, 6.45) is 1.12. The lowest BCUT2D eigenvalue weighted by molar-refractivity contribution is 0.192. The molecule has 0 bridgehead atoms. The molecule has 1 aliphatic rings. The van der Waals surface area contributed by atoms with Crippen LogP contribution in [0.25, 0.3) is 10.1 Å². The van der Waals surface area contributed by atoms with Gasteiger partial charge in [0.05, 0.1) is 0 Å². The Kier molecular flexibility index (Phi) is 4.42. The first-order valence-corrected chi connectivity index (χ1v) is 9.21. The molecule has 4 rings (SSSR count). The van der Waals surface area contributed by atoms with E-state index in [-0.39, 0.29) is 0 Å². The van der Waals surface area contributed by atoms with Crippen molar-refractivity contribution in [2.24, 2.45) is 0 Å². The van der Waals surface area contributed by atoms with Gasteiger partial charge in [-0.15, -0.1) is 11.3 Å². The lowest BCUT2D eigenvalue weighted by Gasteiger charge is -2.33. The predicted octanol–water partition coefficient (Wildman–Crippen LogP) is 3.92. The number of rotatable bonds is 4. The van der Waals surface area contributed by atoms with Gasteiger partial charge in [0, 0.05) is 36.9 Å². The average molecular weight is 322 g/mol. The summed E-state index contributed by atoms with van der Waals surface area (Å²) in [5, 5.41) is 7.47. The maximum absolute atomic E-state index is 3.70. The Morgan fingerprint density at radius 2 is 1.87 bits per heavy atom. The molecule has 1 saturated heterocycles. The van der Waals surface area contributed by atoms with Crippen molar-refractivity contribution in [3.8, 4) is 0 Å². The van der Waals surface area contributed by atoms with Gasteiger partial charge in [-0.1, -0.05) is 48.5 Å². The van der Waals surface area contributed by atoms with E-state index < -0.39 is 0 Å². The molecule has 0 aliphatic carbocycles. The van der Waals surface area contributed by atoms with Crippen molar-refractivity contribution < 1.29 is 0 Å². The van der Waals surface area contributed by atoms with Crippen molar-refractivity contribution >= 4 is 21.4 Å². The van der Waals surface area contributed by atoms with Crippen molar-refractivity contribution in [1.82, 2.24) is 10.2 Å². The summed E-state index contributed by atoms with van der Waals surface area (Å²) in [6.45, 7) is 4.40. The molecular formula is C20H22N2S. The van der Waals surface area contributed by atoms with Gasteiger partial charge in [0.25, 0.3) is 0 Å². The number of thiophene rings is 1. The van der Waals surface area contributed by atoms with Gasteiger partial charge < -0.3 is 5.32 Å². The van der Waals surface area contributed by atoms with Gasteiger partial charge in [-0.25, -0.2) is 0 Å². The lowest BCUT2D eigenvalue weighted by atomic mass is 10.0. The molecule has 0 radical (unpaired) electrons. The van der Waals surface area contributed by atoms with E-state index in [1.165, 1.54) is 21.2 Å². The number of fused-ring (bicyclic) bond motifs is 1. The van der Waals surface area contributed by atoms with Crippen LogP contribution in [0, 0.1) is 0 Å². The summed E-state index contributed by atoms with van der Waals surface area (Å²) in [5.41, 5.74) is 2.90.